The fraction of sp³-hybridized carbons (Fsp3) is 0.235. The second kappa shape index (κ2) is 5.97. The van der Waals surface area contributed by atoms with E-state index in [-0.39, 0.29) is 5.75 Å². The SMILES string of the molecule is COc1ccc(CCc2nc3cc(O)ccc3o2)cc1OC. The number of methoxy groups -OCH3 is 2. The molecule has 1 heterocycles. The van der Waals surface area contributed by atoms with Gasteiger partial charge in [-0.1, -0.05) is 6.07 Å². The van der Waals surface area contributed by atoms with E-state index in [1.807, 2.05) is 18.2 Å². The van der Waals surface area contributed by atoms with Gasteiger partial charge in [0.05, 0.1) is 14.2 Å². The Bertz CT molecular complexity index is 794. The van der Waals surface area contributed by atoms with Gasteiger partial charge in [0.25, 0.3) is 0 Å². The first kappa shape index (κ1) is 14.3. The zero-order valence-corrected chi connectivity index (χ0v) is 12.5. The largest absolute Gasteiger partial charge is 0.508 e. The van der Waals surface area contributed by atoms with Crippen molar-refractivity contribution in [3.05, 3.63) is 47.9 Å². The number of benzene rings is 2. The van der Waals surface area contributed by atoms with Crippen molar-refractivity contribution < 1.29 is 19.0 Å². The van der Waals surface area contributed by atoms with E-state index in [1.54, 1.807) is 32.4 Å². The summed E-state index contributed by atoms with van der Waals surface area (Å²) in [6, 6.07) is 10.7. The van der Waals surface area contributed by atoms with E-state index in [2.05, 4.69) is 4.98 Å². The van der Waals surface area contributed by atoms with E-state index in [9.17, 15) is 5.11 Å². The third kappa shape index (κ3) is 2.83. The van der Waals surface area contributed by atoms with Gasteiger partial charge in [-0.25, -0.2) is 4.98 Å². The predicted octanol–water partition coefficient (Wildman–Crippen LogP) is 3.34. The Morgan fingerprint density at radius 2 is 1.82 bits per heavy atom. The fourth-order valence-corrected chi connectivity index (χ4v) is 2.36. The lowest BCUT2D eigenvalue weighted by Gasteiger charge is -2.08. The van der Waals surface area contributed by atoms with Gasteiger partial charge in [-0.15, -0.1) is 0 Å². The smallest absolute Gasteiger partial charge is 0.195 e. The minimum atomic E-state index is 0.187. The van der Waals surface area contributed by atoms with Gasteiger partial charge in [0, 0.05) is 12.5 Å². The Morgan fingerprint density at radius 1 is 1.00 bits per heavy atom. The third-order valence-corrected chi connectivity index (χ3v) is 3.49. The van der Waals surface area contributed by atoms with Crippen LogP contribution in [0.2, 0.25) is 0 Å². The van der Waals surface area contributed by atoms with Crippen molar-refractivity contribution in [2.24, 2.45) is 0 Å². The van der Waals surface area contributed by atoms with Gasteiger partial charge in [-0.3, -0.25) is 0 Å². The number of phenols is 1. The van der Waals surface area contributed by atoms with Gasteiger partial charge in [0.15, 0.2) is 23.0 Å². The molecule has 0 spiro atoms. The van der Waals surface area contributed by atoms with Crippen LogP contribution in [0.5, 0.6) is 17.2 Å². The van der Waals surface area contributed by atoms with Crippen LogP contribution in [0.3, 0.4) is 0 Å². The molecule has 0 fully saturated rings. The van der Waals surface area contributed by atoms with Gasteiger partial charge in [-0.2, -0.15) is 0 Å². The van der Waals surface area contributed by atoms with Crippen molar-refractivity contribution >= 4 is 11.1 Å². The second-order valence-electron chi connectivity index (χ2n) is 4.95. The fourth-order valence-electron chi connectivity index (χ4n) is 2.36. The molecule has 3 rings (SSSR count). The molecule has 0 saturated carbocycles. The number of ether oxygens (including phenoxy) is 2. The predicted molar refractivity (Wildman–Crippen MR) is 82.6 cm³/mol. The number of phenolic OH excluding ortho intramolecular Hbond substituents is 1. The number of aryl methyl sites for hydroxylation is 2. The van der Waals surface area contributed by atoms with E-state index in [0.29, 0.717) is 34.9 Å². The van der Waals surface area contributed by atoms with Crippen LogP contribution in [0, 0.1) is 0 Å². The highest BCUT2D eigenvalue weighted by atomic mass is 16.5. The normalized spacial score (nSPS) is 10.8. The first-order valence-corrected chi connectivity index (χ1v) is 6.99. The van der Waals surface area contributed by atoms with Crippen LogP contribution in [0.4, 0.5) is 0 Å². The van der Waals surface area contributed by atoms with Crippen molar-refractivity contribution in [2.45, 2.75) is 12.8 Å². The van der Waals surface area contributed by atoms with Crippen molar-refractivity contribution in [2.75, 3.05) is 14.2 Å². The number of rotatable bonds is 5. The molecule has 2 aromatic carbocycles. The summed E-state index contributed by atoms with van der Waals surface area (Å²) in [4.78, 5) is 4.38. The van der Waals surface area contributed by atoms with Gasteiger partial charge >= 0.3 is 0 Å². The zero-order chi connectivity index (χ0) is 15.5. The van der Waals surface area contributed by atoms with Gasteiger partial charge in [0.2, 0.25) is 0 Å². The Morgan fingerprint density at radius 3 is 2.59 bits per heavy atom. The van der Waals surface area contributed by atoms with E-state index in [1.165, 1.54) is 0 Å². The highest BCUT2D eigenvalue weighted by Gasteiger charge is 2.09. The average Bonchev–Trinajstić information content (AvgIpc) is 2.94. The standard InChI is InChI=1S/C17H17NO4/c1-20-15-6-3-11(9-16(15)21-2)4-8-17-18-13-10-12(19)5-7-14(13)22-17/h3,5-7,9-10,19H,4,8H2,1-2H3. The Labute approximate surface area is 128 Å². The summed E-state index contributed by atoms with van der Waals surface area (Å²) in [6.07, 6.45) is 1.45. The monoisotopic (exact) mass is 299 g/mol. The molecule has 5 nitrogen and oxygen atoms in total. The molecule has 0 aliphatic heterocycles. The minimum absolute atomic E-state index is 0.187. The molecule has 0 atom stereocenters. The lowest BCUT2D eigenvalue weighted by molar-refractivity contribution is 0.354. The van der Waals surface area contributed by atoms with Crippen LogP contribution < -0.4 is 9.47 Å². The lowest BCUT2D eigenvalue weighted by Crippen LogP contribution is -1.95. The highest BCUT2D eigenvalue weighted by Crippen LogP contribution is 2.28. The first-order chi connectivity index (χ1) is 10.7. The molecule has 1 N–H and O–H groups in total. The molecule has 22 heavy (non-hydrogen) atoms. The van der Waals surface area contributed by atoms with E-state index < -0.39 is 0 Å². The van der Waals surface area contributed by atoms with Crippen LogP contribution in [0.15, 0.2) is 40.8 Å². The molecule has 3 aromatic rings. The summed E-state index contributed by atoms with van der Waals surface area (Å²) in [5.41, 5.74) is 2.46. The molecular formula is C17H17NO4. The number of oxazole rings is 1. The Balaban J connectivity index is 1.76. The molecule has 0 bridgehead atoms. The van der Waals surface area contributed by atoms with Crippen LogP contribution in [-0.4, -0.2) is 24.3 Å². The number of aromatic nitrogens is 1. The molecule has 0 unspecified atom stereocenters. The van der Waals surface area contributed by atoms with E-state index in [4.69, 9.17) is 13.9 Å². The summed E-state index contributed by atoms with van der Waals surface area (Å²) in [6.45, 7) is 0. The molecule has 1 aromatic heterocycles. The molecule has 0 aliphatic rings. The zero-order valence-electron chi connectivity index (χ0n) is 12.5. The highest BCUT2D eigenvalue weighted by molar-refractivity contribution is 5.74. The van der Waals surface area contributed by atoms with Crippen molar-refractivity contribution in [1.82, 2.24) is 4.98 Å². The summed E-state index contributed by atoms with van der Waals surface area (Å²) in [5.74, 6) is 2.26. The van der Waals surface area contributed by atoms with Gasteiger partial charge < -0.3 is 19.0 Å². The summed E-state index contributed by atoms with van der Waals surface area (Å²) < 4.78 is 16.2. The maximum atomic E-state index is 9.45. The molecule has 0 radical (unpaired) electrons. The molecule has 114 valence electrons. The summed E-state index contributed by atoms with van der Waals surface area (Å²) >= 11 is 0. The van der Waals surface area contributed by atoms with E-state index in [0.717, 1.165) is 12.0 Å². The number of hydrogen-bond donors (Lipinski definition) is 1. The molecule has 5 heteroatoms. The maximum absolute atomic E-state index is 9.45. The van der Waals surface area contributed by atoms with Crippen molar-refractivity contribution in [3.8, 4) is 17.2 Å². The number of fused-ring (bicyclic) bond motifs is 1. The second-order valence-corrected chi connectivity index (χ2v) is 4.95. The molecule has 0 saturated heterocycles. The van der Waals surface area contributed by atoms with Crippen molar-refractivity contribution in [3.63, 3.8) is 0 Å². The van der Waals surface area contributed by atoms with Gasteiger partial charge in [-0.05, 0) is 36.2 Å². The average molecular weight is 299 g/mol. The minimum Gasteiger partial charge on any atom is -0.508 e. The summed E-state index contributed by atoms with van der Waals surface area (Å²) in [5, 5.41) is 9.45. The van der Waals surface area contributed by atoms with Crippen LogP contribution in [0.25, 0.3) is 11.1 Å². The van der Waals surface area contributed by atoms with E-state index >= 15 is 0 Å². The van der Waals surface area contributed by atoms with Gasteiger partial charge in [0.1, 0.15) is 11.3 Å². The first-order valence-electron chi connectivity index (χ1n) is 6.99. The number of nitrogens with zero attached hydrogens (tertiary/aromatic N) is 1. The number of hydrogen-bond acceptors (Lipinski definition) is 5. The summed E-state index contributed by atoms with van der Waals surface area (Å²) in [7, 11) is 3.24. The Hall–Kier alpha value is -2.69. The third-order valence-electron chi connectivity index (χ3n) is 3.49. The maximum Gasteiger partial charge on any atom is 0.195 e. The number of aromatic hydroxyl groups is 1. The van der Waals surface area contributed by atoms with Crippen molar-refractivity contribution in [1.29, 1.82) is 0 Å². The molecular weight excluding hydrogens is 282 g/mol. The lowest BCUT2D eigenvalue weighted by atomic mass is 10.1. The van der Waals surface area contributed by atoms with Crippen LogP contribution in [-0.2, 0) is 12.8 Å². The topological polar surface area (TPSA) is 64.7 Å². The quantitative estimate of drug-likeness (QED) is 0.782. The van der Waals surface area contributed by atoms with Crippen LogP contribution in [0.1, 0.15) is 11.5 Å². The molecule has 0 aliphatic carbocycles. The van der Waals surface area contributed by atoms with Crippen LogP contribution >= 0.6 is 0 Å². The Kier molecular flexibility index (Phi) is 3.87. The molecule has 0 amide bonds.